The second-order valence-electron chi connectivity index (χ2n) is 5.67. The van der Waals surface area contributed by atoms with Gasteiger partial charge in [0.1, 0.15) is 0 Å². The van der Waals surface area contributed by atoms with Crippen molar-refractivity contribution < 1.29 is 8.42 Å². The summed E-state index contributed by atoms with van der Waals surface area (Å²) in [5.41, 5.74) is 6.57. The van der Waals surface area contributed by atoms with Gasteiger partial charge in [-0.25, -0.2) is 8.42 Å². The van der Waals surface area contributed by atoms with Gasteiger partial charge in [0.2, 0.25) is 0 Å². The molecular formula is C13H18ClNO2S. The van der Waals surface area contributed by atoms with Crippen LogP contribution in [0.3, 0.4) is 0 Å². The quantitative estimate of drug-likeness (QED) is 0.926. The number of benzene rings is 1. The Kier molecular flexibility index (Phi) is 3.47. The molecule has 0 aliphatic heterocycles. The first kappa shape index (κ1) is 13.8. The molecule has 0 radical (unpaired) electrons. The Balaban J connectivity index is 2.31. The second kappa shape index (κ2) is 4.51. The van der Waals surface area contributed by atoms with Crippen molar-refractivity contribution in [3.05, 3.63) is 28.8 Å². The minimum atomic E-state index is -3.22. The summed E-state index contributed by atoms with van der Waals surface area (Å²) in [5, 5.41) is 0.0791. The monoisotopic (exact) mass is 287 g/mol. The zero-order valence-electron chi connectivity index (χ0n) is 10.6. The van der Waals surface area contributed by atoms with Crippen LogP contribution in [0, 0.1) is 0 Å². The number of rotatable bonds is 4. The fourth-order valence-corrected chi connectivity index (χ4v) is 4.20. The highest BCUT2D eigenvalue weighted by Crippen LogP contribution is 2.36. The lowest BCUT2D eigenvalue weighted by atomic mass is 9.96. The largest absolute Gasteiger partial charge is 0.325 e. The van der Waals surface area contributed by atoms with Gasteiger partial charge in [-0.2, -0.15) is 0 Å². The molecule has 1 fully saturated rings. The first-order valence-electron chi connectivity index (χ1n) is 6.01. The summed E-state index contributed by atoms with van der Waals surface area (Å²) in [5.74, 6) is 0. The van der Waals surface area contributed by atoms with Crippen LogP contribution >= 0.6 is 11.6 Å². The smallest absolute Gasteiger partial charge is 0.182 e. The summed E-state index contributed by atoms with van der Waals surface area (Å²) < 4.78 is 24.2. The average molecular weight is 288 g/mol. The van der Waals surface area contributed by atoms with Crippen molar-refractivity contribution in [2.45, 2.75) is 48.8 Å². The van der Waals surface area contributed by atoms with Crippen LogP contribution in [0.2, 0.25) is 5.02 Å². The number of nitrogens with two attached hydrogens (primary N) is 1. The maximum atomic E-state index is 12.1. The van der Waals surface area contributed by atoms with Gasteiger partial charge in [-0.05, 0) is 50.8 Å². The highest BCUT2D eigenvalue weighted by molar-refractivity contribution is 7.92. The predicted molar refractivity (Wildman–Crippen MR) is 73.6 cm³/mol. The Bertz CT molecular complexity index is 557. The molecule has 2 rings (SSSR count). The van der Waals surface area contributed by atoms with Crippen LogP contribution in [0.4, 0.5) is 0 Å². The van der Waals surface area contributed by atoms with Crippen molar-refractivity contribution in [2.75, 3.05) is 0 Å². The molecule has 1 aliphatic carbocycles. The Labute approximate surface area is 113 Å². The Morgan fingerprint density at radius 2 is 2.00 bits per heavy atom. The van der Waals surface area contributed by atoms with E-state index in [9.17, 15) is 8.42 Å². The van der Waals surface area contributed by atoms with Crippen molar-refractivity contribution in [3.8, 4) is 0 Å². The number of halogens is 1. The highest BCUT2D eigenvalue weighted by Gasteiger charge is 2.38. The van der Waals surface area contributed by atoms with E-state index >= 15 is 0 Å². The topological polar surface area (TPSA) is 60.2 Å². The fourth-order valence-electron chi connectivity index (χ4n) is 1.97. The zero-order valence-corrected chi connectivity index (χ0v) is 12.2. The maximum absolute atomic E-state index is 12.1. The first-order valence-corrected chi connectivity index (χ1v) is 7.94. The molecule has 0 unspecified atom stereocenters. The van der Waals surface area contributed by atoms with Crippen LogP contribution in [0.15, 0.2) is 23.1 Å². The van der Waals surface area contributed by atoms with E-state index in [2.05, 4.69) is 0 Å². The van der Waals surface area contributed by atoms with Crippen LogP contribution in [-0.4, -0.2) is 19.2 Å². The lowest BCUT2D eigenvalue weighted by Crippen LogP contribution is -2.34. The molecule has 100 valence electrons. The van der Waals surface area contributed by atoms with Crippen LogP contribution in [0.5, 0.6) is 0 Å². The molecule has 0 bridgehead atoms. The summed E-state index contributed by atoms with van der Waals surface area (Å²) in [7, 11) is -3.22. The Morgan fingerprint density at radius 1 is 1.39 bits per heavy atom. The number of sulfone groups is 1. The van der Waals surface area contributed by atoms with Crippen molar-refractivity contribution >= 4 is 21.4 Å². The van der Waals surface area contributed by atoms with Crippen LogP contribution in [0.25, 0.3) is 0 Å². The van der Waals surface area contributed by atoms with E-state index in [1.165, 1.54) is 0 Å². The summed E-state index contributed by atoms with van der Waals surface area (Å²) in [6.45, 7) is 3.85. The molecule has 2 N–H and O–H groups in total. The van der Waals surface area contributed by atoms with Gasteiger partial charge in [-0.15, -0.1) is 0 Å². The molecule has 0 heterocycles. The van der Waals surface area contributed by atoms with Crippen LogP contribution < -0.4 is 5.73 Å². The van der Waals surface area contributed by atoms with Crippen molar-refractivity contribution in [2.24, 2.45) is 5.73 Å². The molecular weight excluding hydrogens is 270 g/mol. The van der Waals surface area contributed by atoms with Crippen LogP contribution in [0.1, 0.15) is 32.3 Å². The van der Waals surface area contributed by atoms with E-state index in [1.54, 1.807) is 18.2 Å². The molecule has 3 nitrogen and oxygen atoms in total. The number of hydrogen-bond donors (Lipinski definition) is 1. The van der Waals surface area contributed by atoms with Gasteiger partial charge in [0.15, 0.2) is 9.84 Å². The summed E-state index contributed by atoms with van der Waals surface area (Å²) in [4.78, 5) is 0.255. The van der Waals surface area contributed by atoms with Gasteiger partial charge in [0, 0.05) is 5.54 Å². The Hall–Kier alpha value is -0.580. The molecule has 0 atom stereocenters. The van der Waals surface area contributed by atoms with Crippen molar-refractivity contribution in [1.82, 2.24) is 0 Å². The van der Waals surface area contributed by atoms with Gasteiger partial charge in [-0.3, -0.25) is 0 Å². The van der Waals surface area contributed by atoms with E-state index in [4.69, 9.17) is 17.3 Å². The standard InChI is InChI=1S/C13H18ClNO2S/c1-13(2,15)8-9-3-6-12(11(14)7-9)18(16,17)10-4-5-10/h3,6-7,10H,4-5,8,15H2,1-2H3. The zero-order chi connectivity index (χ0) is 13.6. The molecule has 0 saturated heterocycles. The third-order valence-electron chi connectivity index (χ3n) is 2.93. The Morgan fingerprint density at radius 3 is 2.44 bits per heavy atom. The van der Waals surface area contributed by atoms with Crippen molar-refractivity contribution in [3.63, 3.8) is 0 Å². The molecule has 0 amide bonds. The summed E-state index contributed by atoms with van der Waals surface area (Å²) >= 11 is 6.09. The predicted octanol–water partition coefficient (Wildman–Crippen LogP) is 2.56. The molecule has 1 aliphatic rings. The van der Waals surface area contributed by atoms with E-state index < -0.39 is 9.84 Å². The molecule has 0 spiro atoms. The number of hydrogen-bond acceptors (Lipinski definition) is 3. The molecule has 1 aromatic carbocycles. The molecule has 5 heteroatoms. The average Bonchev–Trinajstić information content (AvgIpc) is 2.96. The van der Waals surface area contributed by atoms with E-state index in [0.717, 1.165) is 18.4 Å². The van der Waals surface area contributed by atoms with Gasteiger partial charge in [-0.1, -0.05) is 17.7 Å². The van der Waals surface area contributed by atoms with E-state index in [-0.39, 0.29) is 15.7 Å². The molecule has 1 saturated carbocycles. The lowest BCUT2D eigenvalue weighted by molar-refractivity contribution is 0.516. The van der Waals surface area contributed by atoms with Crippen molar-refractivity contribution in [1.29, 1.82) is 0 Å². The minimum absolute atomic E-state index is 0.230. The minimum Gasteiger partial charge on any atom is -0.325 e. The maximum Gasteiger partial charge on any atom is 0.182 e. The normalized spacial score (nSPS) is 16.9. The molecule has 1 aromatic rings. The fraction of sp³-hybridized carbons (Fsp3) is 0.538. The SMILES string of the molecule is CC(C)(N)Cc1ccc(S(=O)(=O)C2CC2)c(Cl)c1. The first-order chi connectivity index (χ1) is 8.20. The van der Waals surface area contributed by atoms with Gasteiger partial charge >= 0.3 is 0 Å². The highest BCUT2D eigenvalue weighted by atomic mass is 35.5. The van der Waals surface area contributed by atoms with Crippen LogP contribution in [-0.2, 0) is 16.3 Å². The lowest BCUT2D eigenvalue weighted by Gasteiger charge is -2.18. The molecule has 18 heavy (non-hydrogen) atoms. The summed E-state index contributed by atoms with van der Waals surface area (Å²) in [6, 6.07) is 5.12. The summed E-state index contributed by atoms with van der Waals surface area (Å²) in [6.07, 6.45) is 2.16. The second-order valence-corrected chi connectivity index (χ2v) is 8.28. The third kappa shape index (κ3) is 3.05. The van der Waals surface area contributed by atoms with E-state index in [1.807, 2.05) is 13.8 Å². The van der Waals surface area contributed by atoms with Gasteiger partial charge < -0.3 is 5.73 Å². The van der Waals surface area contributed by atoms with Gasteiger partial charge in [0.25, 0.3) is 0 Å². The molecule has 0 aromatic heterocycles. The van der Waals surface area contributed by atoms with E-state index in [0.29, 0.717) is 11.4 Å². The van der Waals surface area contributed by atoms with Gasteiger partial charge in [0.05, 0.1) is 15.2 Å². The third-order valence-corrected chi connectivity index (χ3v) is 5.67.